The average Bonchev–Trinajstić information content (AvgIpc) is 2.37. The predicted octanol–water partition coefficient (Wildman–Crippen LogP) is 3.82. The molecule has 1 amide bonds. The maximum Gasteiger partial charge on any atom is 0.410 e. The van der Waals surface area contributed by atoms with Gasteiger partial charge in [-0.2, -0.15) is 0 Å². The summed E-state index contributed by atoms with van der Waals surface area (Å²) in [5.74, 6) is 0. The number of aromatic nitrogens is 1. The zero-order valence-electron chi connectivity index (χ0n) is 12.8. The van der Waals surface area contributed by atoms with Crippen molar-refractivity contribution < 1.29 is 14.6 Å². The molecular weight excluding hydrogens is 327 g/mol. The number of halogens is 2. The maximum atomic E-state index is 12.4. The molecule has 1 aliphatic rings. The van der Waals surface area contributed by atoms with E-state index in [1.165, 1.54) is 4.90 Å². The summed E-state index contributed by atoms with van der Waals surface area (Å²) in [7, 11) is 0. The van der Waals surface area contributed by atoms with Crippen LogP contribution in [0.2, 0.25) is 10.3 Å². The highest BCUT2D eigenvalue weighted by Gasteiger charge is 2.38. The van der Waals surface area contributed by atoms with Gasteiger partial charge in [-0.05, 0) is 39.7 Å². The number of carbonyl (C=O) groups excluding carboxylic acids is 1. The van der Waals surface area contributed by atoms with Gasteiger partial charge in [-0.25, -0.2) is 9.78 Å². The van der Waals surface area contributed by atoms with E-state index in [2.05, 4.69) is 4.98 Å². The first-order valence-corrected chi connectivity index (χ1v) is 7.94. The Morgan fingerprint density at radius 3 is 2.68 bits per heavy atom. The van der Waals surface area contributed by atoms with Gasteiger partial charge in [-0.1, -0.05) is 29.3 Å². The van der Waals surface area contributed by atoms with E-state index >= 15 is 0 Å². The van der Waals surface area contributed by atoms with Crippen LogP contribution in [0.1, 0.15) is 45.2 Å². The molecule has 7 heteroatoms. The molecule has 2 atom stereocenters. The highest BCUT2D eigenvalue weighted by molar-refractivity contribution is 6.32. The van der Waals surface area contributed by atoms with Crippen LogP contribution in [0.4, 0.5) is 4.79 Å². The van der Waals surface area contributed by atoms with Crippen LogP contribution in [0.5, 0.6) is 0 Å². The standard InChI is InChI=1S/C15H20Cl2N2O3/c1-15(2,3)22-14(21)19-8-4-5-10(20)12(19)9-6-7-11(16)18-13(9)17/h6-7,10,12,20H,4-5,8H2,1-3H3/t10-,12-/m0/s1. The number of pyridine rings is 1. The molecule has 0 radical (unpaired) electrons. The molecule has 1 fully saturated rings. The van der Waals surface area contributed by atoms with Crippen molar-refractivity contribution in [2.75, 3.05) is 6.54 Å². The van der Waals surface area contributed by atoms with Crippen LogP contribution in [0.3, 0.4) is 0 Å². The van der Waals surface area contributed by atoms with Crippen molar-refractivity contribution in [3.8, 4) is 0 Å². The van der Waals surface area contributed by atoms with E-state index < -0.39 is 23.8 Å². The van der Waals surface area contributed by atoms with Gasteiger partial charge in [-0.3, -0.25) is 4.90 Å². The lowest BCUT2D eigenvalue weighted by Gasteiger charge is -2.39. The second-order valence-electron chi connectivity index (χ2n) is 6.34. The Morgan fingerprint density at radius 2 is 2.09 bits per heavy atom. The van der Waals surface area contributed by atoms with Gasteiger partial charge in [0.2, 0.25) is 0 Å². The Bertz CT molecular complexity index is 560. The number of hydrogen-bond donors (Lipinski definition) is 1. The molecule has 0 unspecified atom stereocenters. The first kappa shape index (κ1) is 17.3. The van der Waals surface area contributed by atoms with Crippen molar-refractivity contribution in [2.45, 2.75) is 51.4 Å². The van der Waals surface area contributed by atoms with E-state index in [9.17, 15) is 9.90 Å². The van der Waals surface area contributed by atoms with E-state index in [0.717, 1.165) is 0 Å². The topological polar surface area (TPSA) is 62.7 Å². The number of likely N-dealkylation sites (tertiary alicyclic amines) is 1. The third kappa shape index (κ3) is 4.03. The monoisotopic (exact) mass is 346 g/mol. The molecule has 5 nitrogen and oxygen atoms in total. The summed E-state index contributed by atoms with van der Waals surface area (Å²) in [6.45, 7) is 5.90. The fourth-order valence-corrected chi connectivity index (χ4v) is 2.98. The lowest BCUT2D eigenvalue weighted by molar-refractivity contribution is -0.0239. The van der Waals surface area contributed by atoms with E-state index in [4.69, 9.17) is 27.9 Å². The summed E-state index contributed by atoms with van der Waals surface area (Å²) >= 11 is 12.0. The van der Waals surface area contributed by atoms with E-state index in [1.807, 2.05) is 0 Å². The van der Waals surface area contributed by atoms with E-state index in [1.54, 1.807) is 32.9 Å². The summed E-state index contributed by atoms with van der Waals surface area (Å²) in [6.07, 6.45) is 0.0994. The molecule has 22 heavy (non-hydrogen) atoms. The van der Waals surface area contributed by atoms with Crippen LogP contribution in [-0.4, -0.2) is 39.3 Å². The highest BCUT2D eigenvalue weighted by atomic mass is 35.5. The summed E-state index contributed by atoms with van der Waals surface area (Å²) < 4.78 is 5.43. The second-order valence-corrected chi connectivity index (χ2v) is 7.09. The fourth-order valence-electron chi connectivity index (χ4n) is 2.52. The molecule has 1 aromatic heterocycles. The Kier molecular flexibility index (Phi) is 5.20. The van der Waals surface area contributed by atoms with Crippen molar-refractivity contribution in [3.63, 3.8) is 0 Å². The van der Waals surface area contributed by atoms with Gasteiger partial charge >= 0.3 is 6.09 Å². The molecule has 1 aromatic rings. The molecule has 1 saturated heterocycles. The molecule has 0 bridgehead atoms. The zero-order chi connectivity index (χ0) is 16.5. The van der Waals surface area contributed by atoms with E-state index in [-0.39, 0.29) is 10.3 Å². The molecule has 0 aromatic carbocycles. The zero-order valence-corrected chi connectivity index (χ0v) is 14.4. The Labute approximate surface area is 140 Å². The first-order valence-electron chi connectivity index (χ1n) is 7.18. The molecule has 2 rings (SSSR count). The average molecular weight is 347 g/mol. The van der Waals surface area contributed by atoms with Gasteiger partial charge in [0.05, 0.1) is 12.1 Å². The van der Waals surface area contributed by atoms with Crippen molar-refractivity contribution in [1.29, 1.82) is 0 Å². The largest absolute Gasteiger partial charge is 0.444 e. The molecule has 0 spiro atoms. The minimum Gasteiger partial charge on any atom is -0.444 e. The number of aliphatic hydroxyl groups excluding tert-OH is 1. The molecule has 1 N–H and O–H groups in total. The summed E-state index contributed by atoms with van der Waals surface area (Å²) in [5.41, 5.74) is -0.0318. The molecule has 122 valence electrons. The lowest BCUT2D eigenvalue weighted by Crippen LogP contribution is -2.47. The smallest absolute Gasteiger partial charge is 0.410 e. The fraction of sp³-hybridized carbons (Fsp3) is 0.600. The Balaban J connectivity index is 2.33. The second kappa shape index (κ2) is 6.60. The minimum absolute atomic E-state index is 0.187. The quantitative estimate of drug-likeness (QED) is 0.785. The summed E-state index contributed by atoms with van der Waals surface area (Å²) in [5, 5.41) is 10.8. The number of ether oxygens (including phenoxy) is 1. The third-order valence-electron chi connectivity index (χ3n) is 3.39. The number of nitrogens with zero attached hydrogens (tertiary/aromatic N) is 2. The van der Waals surface area contributed by atoms with Crippen molar-refractivity contribution in [2.24, 2.45) is 0 Å². The Morgan fingerprint density at radius 1 is 1.41 bits per heavy atom. The number of hydrogen-bond acceptors (Lipinski definition) is 4. The van der Waals surface area contributed by atoms with Gasteiger partial charge in [0, 0.05) is 12.1 Å². The summed E-state index contributed by atoms with van der Waals surface area (Å²) in [4.78, 5) is 17.9. The number of carbonyl (C=O) groups is 1. The van der Waals surface area contributed by atoms with Crippen LogP contribution in [0, 0.1) is 0 Å². The number of rotatable bonds is 1. The number of aliphatic hydroxyl groups is 1. The molecule has 0 aliphatic carbocycles. The van der Waals surface area contributed by atoms with Crippen LogP contribution in [0.15, 0.2) is 12.1 Å². The highest BCUT2D eigenvalue weighted by Crippen LogP contribution is 2.36. The first-order chi connectivity index (χ1) is 10.2. The van der Waals surface area contributed by atoms with Crippen molar-refractivity contribution in [1.82, 2.24) is 9.88 Å². The number of piperidine rings is 1. The van der Waals surface area contributed by atoms with Crippen LogP contribution < -0.4 is 0 Å². The van der Waals surface area contributed by atoms with Gasteiger partial charge < -0.3 is 9.84 Å². The molecular formula is C15H20Cl2N2O3. The SMILES string of the molecule is CC(C)(C)OC(=O)N1CCC[C@H](O)[C@@H]1c1ccc(Cl)nc1Cl. The van der Waals surface area contributed by atoms with Gasteiger partial charge in [0.1, 0.15) is 15.9 Å². The molecule has 2 heterocycles. The predicted molar refractivity (Wildman–Crippen MR) is 85.2 cm³/mol. The van der Waals surface area contributed by atoms with Gasteiger partial charge in [-0.15, -0.1) is 0 Å². The Hall–Kier alpha value is -1.04. The van der Waals surface area contributed by atoms with Crippen LogP contribution in [0.25, 0.3) is 0 Å². The van der Waals surface area contributed by atoms with Crippen molar-refractivity contribution >= 4 is 29.3 Å². The molecule has 1 aliphatic heterocycles. The van der Waals surface area contributed by atoms with Gasteiger partial charge in [0.25, 0.3) is 0 Å². The van der Waals surface area contributed by atoms with Crippen LogP contribution >= 0.6 is 23.2 Å². The molecule has 0 saturated carbocycles. The number of amides is 1. The minimum atomic E-state index is -0.721. The van der Waals surface area contributed by atoms with Gasteiger partial charge in [0.15, 0.2) is 0 Å². The lowest BCUT2D eigenvalue weighted by atomic mass is 9.94. The summed E-state index contributed by atoms with van der Waals surface area (Å²) in [6, 6.07) is 2.70. The third-order valence-corrected chi connectivity index (χ3v) is 3.90. The van der Waals surface area contributed by atoms with Crippen LogP contribution in [-0.2, 0) is 4.74 Å². The van der Waals surface area contributed by atoms with Crippen molar-refractivity contribution in [3.05, 3.63) is 28.0 Å². The van der Waals surface area contributed by atoms with E-state index in [0.29, 0.717) is 24.9 Å². The normalized spacial score (nSPS) is 22.5. The maximum absolute atomic E-state index is 12.4.